The summed E-state index contributed by atoms with van der Waals surface area (Å²) in [6.07, 6.45) is 4.97. The molecule has 0 aliphatic carbocycles. The van der Waals surface area contributed by atoms with E-state index in [4.69, 9.17) is 10.5 Å². The predicted octanol–water partition coefficient (Wildman–Crippen LogP) is 3.71. The van der Waals surface area contributed by atoms with Crippen molar-refractivity contribution in [1.29, 1.82) is 10.5 Å². The molecule has 0 aromatic rings. The molecule has 0 bridgehead atoms. The van der Waals surface area contributed by atoms with Crippen LogP contribution in [0.15, 0.2) is 11.1 Å². The number of hydrogen-bond donors (Lipinski definition) is 0. The molecule has 2 nitrogen and oxygen atoms in total. The Bertz CT molecular complexity index is 235. The summed E-state index contributed by atoms with van der Waals surface area (Å²) in [4.78, 5) is 0. The van der Waals surface area contributed by atoms with E-state index >= 15 is 0 Å². The third kappa shape index (κ3) is 4.67. The maximum absolute atomic E-state index is 8.52. The van der Waals surface area contributed by atoms with Crippen molar-refractivity contribution < 1.29 is 0 Å². The van der Waals surface area contributed by atoms with Crippen LogP contribution in [0.25, 0.3) is 0 Å². The van der Waals surface area contributed by atoms with Gasteiger partial charge in [0, 0.05) is 12.8 Å². The molecule has 14 heavy (non-hydrogen) atoms. The van der Waals surface area contributed by atoms with Gasteiger partial charge in [0.05, 0.1) is 12.1 Å². The number of nitrogens with zero attached hydrogens (tertiary/aromatic N) is 2. The smallest absolute Gasteiger partial charge is 0.0625 e. The van der Waals surface area contributed by atoms with Gasteiger partial charge in [0.1, 0.15) is 0 Å². The monoisotopic (exact) mass is 190 g/mol. The van der Waals surface area contributed by atoms with E-state index in [9.17, 15) is 0 Å². The summed E-state index contributed by atoms with van der Waals surface area (Å²) < 4.78 is 0. The number of hydrogen-bond acceptors (Lipinski definition) is 2. The fraction of sp³-hybridized carbons (Fsp3) is 0.667. The van der Waals surface area contributed by atoms with Crippen LogP contribution < -0.4 is 0 Å². The third-order valence-electron chi connectivity index (χ3n) is 2.43. The maximum atomic E-state index is 8.52. The molecular formula is C12H18N2. The number of nitriles is 2. The van der Waals surface area contributed by atoms with E-state index in [0.717, 1.165) is 25.7 Å². The van der Waals surface area contributed by atoms with Gasteiger partial charge in [-0.3, -0.25) is 0 Å². The number of allylic oxidation sites excluding steroid dienone is 2. The largest absolute Gasteiger partial charge is 0.198 e. The van der Waals surface area contributed by atoms with Gasteiger partial charge in [-0.1, -0.05) is 25.0 Å². The Labute approximate surface area is 86.8 Å². The zero-order valence-corrected chi connectivity index (χ0v) is 9.14. The van der Waals surface area contributed by atoms with Gasteiger partial charge in [0.2, 0.25) is 0 Å². The molecule has 0 unspecified atom stereocenters. The van der Waals surface area contributed by atoms with Crippen molar-refractivity contribution in [2.45, 2.75) is 52.4 Å². The predicted molar refractivity (Wildman–Crippen MR) is 57.3 cm³/mol. The van der Waals surface area contributed by atoms with Crippen LogP contribution in [0.1, 0.15) is 52.4 Å². The summed E-state index contributed by atoms with van der Waals surface area (Å²) >= 11 is 0. The molecule has 0 amide bonds. The van der Waals surface area contributed by atoms with E-state index in [0.29, 0.717) is 12.8 Å². The first-order chi connectivity index (χ1) is 6.79. The Balaban J connectivity index is 4.41. The van der Waals surface area contributed by atoms with Crippen LogP contribution in [0.4, 0.5) is 0 Å². The molecule has 0 heterocycles. The van der Waals surface area contributed by atoms with Gasteiger partial charge < -0.3 is 0 Å². The Morgan fingerprint density at radius 2 is 1.21 bits per heavy atom. The average Bonchev–Trinajstić information content (AvgIpc) is 2.23. The minimum atomic E-state index is 0.596. The summed E-state index contributed by atoms with van der Waals surface area (Å²) in [5.41, 5.74) is 2.76. The van der Waals surface area contributed by atoms with Crippen LogP contribution in [0.5, 0.6) is 0 Å². The van der Waals surface area contributed by atoms with Gasteiger partial charge in [0.25, 0.3) is 0 Å². The summed E-state index contributed by atoms with van der Waals surface area (Å²) in [6.45, 7) is 4.24. The highest BCUT2D eigenvalue weighted by molar-refractivity contribution is 5.15. The van der Waals surface area contributed by atoms with Crippen molar-refractivity contribution in [3.63, 3.8) is 0 Å². The van der Waals surface area contributed by atoms with Crippen LogP contribution in [0, 0.1) is 22.7 Å². The molecular weight excluding hydrogens is 172 g/mol. The molecule has 0 aromatic heterocycles. The van der Waals surface area contributed by atoms with E-state index in [1.54, 1.807) is 0 Å². The van der Waals surface area contributed by atoms with E-state index < -0.39 is 0 Å². The molecule has 0 aliphatic heterocycles. The number of rotatable bonds is 6. The van der Waals surface area contributed by atoms with Gasteiger partial charge in [-0.25, -0.2) is 0 Å². The van der Waals surface area contributed by atoms with Crippen LogP contribution >= 0.6 is 0 Å². The van der Waals surface area contributed by atoms with Crippen molar-refractivity contribution in [2.24, 2.45) is 0 Å². The minimum Gasteiger partial charge on any atom is -0.198 e. The molecule has 0 N–H and O–H groups in total. The van der Waals surface area contributed by atoms with Crippen molar-refractivity contribution in [3.05, 3.63) is 11.1 Å². The molecule has 0 atom stereocenters. The summed E-state index contributed by atoms with van der Waals surface area (Å²) in [7, 11) is 0. The van der Waals surface area contributed by atoms with Gasteiger partial charge in [-0.15, -0.1) is 0 Å². The molecule has 76 valence electrons. The molecule has 0 aromatic carbocycles. The van der Waals surface area contributed by atoms with Gasteiger partial charge in [-0.2, -0.15) is 10.5 Å². The van der Waals surface area contributed by atoms with E-state index in [1.165, 1.54) is 11.1 Å². The summed E-state index contributed by atoms with van der Waals surface area (Å²) in [5.74, 6) is 0. The zero-order valence-electron chi connectivity index (χ0n) is 9.14. The lowest BCUT2D eigenvalue weighted by molar-refractivity contribution is 0.817. The highest BCUT2D eigenvalue weighted by atomic mass is 14.2. The Morgan fingerprint density at radius 1 is 0.857 bits per heavy atom. The normalized spacial score (nSPS) is 11.4. The van der Waals surface area contributed by atoms with Gasteiger partial charge in [-0.05, 0) is 25.7 Å². The Morgan fingerprint density at radius 3 is 1.43 bits per heavy atom. The molecule has 0 radical (unpaired) electrons. The molecule has 0 aliphatic rings. The lowest BCUT2D eigenvalue weighted by atomic mass is 9.96. The Kier molecular flexibility index (Phi) is 7.56. The second-order valence-corrected chi connectivity index (χ2v) is 3.23. The first-order valence-corrected chi connectivity index (χ1v) is 5.23. The van der Waals surface area contributed by atoms with E-state index in [-0.39, 0.29) is 0 Å². The maximum Gasteiger partial charge on any atom is 0.0625 e. The van der Waals surface area contributed by atoms with Crippen molar-refractivity contribution in [2.75, 3.05) is 0 Å². The fourth-order valence-corrected chi connectivity index (χ4v) is 1.62. The van der Waals surface area contributed by atoms with E-state index in [2.05, 4.69) is 26.0 Å². The molecule has 2 heteroatoms. The molecule has 0 saturated carbocycles. The average molecular weight is 190 g/mol. The van der Waals surface area contributed by atoms with Crippen molar-refractivity contribution in [1.82, 2.24) is 0 Å². The highest BCUT2D eigenvalue weighted by Gasteiger charge is 2.03. The molecule has 0 fully saturated rings. The highest BCUT2D eigenvalue weighted by Crippen LogP contribution is 2.21. The topological polar surface area (TPSA) is 47.6 Å². The zero-order chi connectivity index (χ0) is 10.8. The fourth-order valence-electron chi connectivity index (χ4n) is 1.62. The second kappa shape index (κ2) is 8.32. The quantitative estimate of drug-likeness (QED) is 0.599. The molecule has 0 rings (SSSR count). The van der Waals surface area contributed by atoms with Gasteiger partial charge >= 0.3 is 0 Å². The van der Waals surface area contributed by atoms with Crippen LogP contribution in [-0.4, -0.2) is 0 Å². The first kappa shape index (κ1) is 12.7. The van der Waals surface area contributed by atoms with E-state index in [1.807, 2.05) is 0 Å². The van der Waals surface area contributed by atoms with Crippen LogP contribution in [0.2, 0.25) is 0 Å². The molecule has 0 spiro atoms. The summed E-state index contributed by atoms with van der Waals surface area (Å²) in [6, 6.07) is 4.34. The summed E-state index contributed by atoms with van der Waals surface area (Å²) in [5, 5.41) is 17.0. The van der Waals surface area contributed by atoms with Crippen LogP contribution in [-0.2, 0) is 0 Å². The minimum absolute atomic E-state index is 0.596. The van der Waals surface area contributed by atoms with Crippen LogP contribution in [0.3, 0.4) is 0 Å². The first-order valence-electron chi connectivity index (χ1n) is 5.23. The standard InChI is InChI=1S/C12H18N2/c1-3-11(7-5-9-13)12(4-2)8-6-10-14/h3-8H2,1-2H3. The van der Waals surface area contributed by atoms with Gasteiger partial charge in [0.15, 0.2) is 0 Å². The van der Waals surface area contributed by atoms with Crippen molar-refractivity contribution >= 4 is 0 Å². The third-order valence-corrected chi connectivity index (χ3v) is 2.43. The lowest BCUT2D eigenvalue weighted by Crippen LogP contribution is -1.91. The van der Waals surface area contributed by atoms with Crippen molar-refractivity contribution in [3.8, 4) is 12.1 Å². The molecule has 0 saturated heterocycles. The second-order valence-electron chi connectivity index (χ2n) is 3.23. The SMILES string of the molecule is CCC(CCC#N)=C(CC)CCC#N. The Hall–Kier alpha value is -1.28. The lowest BCUT2D eigenvalue weighted by Gasteiger charge is -2.10.